The maximum atomic E-state index is 12.1. The molecule has 0 spiro atoms. The number of nitrogens with one attached hydrogen (secondary N) is 2. The number of amides is 1. The van der Waals surface area contributed by atoms with E-state index >= 15 is 0 Å². The van der Waals surface area contributed by atoms with E-state index in [-0.39, 0.29) is 18.4 Å². The minimum atomic E-state index is -0.497. The number of hydrogen-bond acceptors (Lipinski definition) is 4. The van der Waals surface area contributed by atoms with Gasteiger partial charge in [-0.05, 0) is 31.4 Å². The van der Waals surface area contributed by atoms with Crippen LogP contribution in [-0.4, -0.2) is 46.5 Å². The molecule has 2 unspecified atom stereocenters. The van der Waals surface area contributed by atoms with E-state index in [1.54, 1.807) is 6.07 Å². The second-order valence-corrected chi connectivity index (χ2v) is 6.04. The first-order valence-electron chi connectivity index (χ1n) is 8.37. The molecular formula is C16H28N4O2. The predicted octanol–water partition coefficient (Wildman–Crippen LogP) is 1.33. The van der Waals surface area contributed by atoms with Crippen LogP contribution in [0.3, 0.4) is 0 Å². The summed E-state index contributed by atoms with van der Waals surface area (Å²) in [5.74, 6) is 0.0127. The van der Waals surface area contributed by atoms with Crippen molar-refractivity contribution in [2.75, 3.05) is 19.6 Å². The topological polar surface area (TPSA) is 79.2 Å². The van der Waals surface area contributed by atoms with Crippen LogP contribution in [0.2, 0.25) is 0 Å². The number of aliphatic hydroxyl groups excluding tert-OH is 1. The second-order valence-electron chi connectivity index (χ2n) is 6.04. The zero-order valence-corrected chi connectivity index (χ0v) is 13.6. The van der Waals surface area contributed by atoms with Gasteiger partial charge in [0.25, 0.3) is 5.91 Å². The highest BCUT2D eigenvalue weighted by atomic mass is 16.3. The average molecular weight is 308 g/mol. The molecule has 2 heterocycles. The third kappa shape index (κ3) is 4.30. The summed E-state index contributed by atoms with van der Waals surface area (Å²) in [6.45, 7) is 6.34. The number of nitrogens with zero attached hydrogens (tertiary/aromatic N) is 2. The van der Waals surface area contributed by atoms with Crippen LogP contribution in [0.5, 0.6) is 0 Å². The Labute approximate surface area is 132 Å². The molecule has 0 bridgehead atoms. The summed E-state index contributed by atoms with van der Waals surface area (Å²) in [4.78, 5) is 12.1. The lowest BCUT2D eigenvalue weighted by Crippen LogP contribution is -2.36. The standard InChI is InChI=1S/C16H28N4O2/c1-3-12(4-2)15(21)11-18-16(22)14-7-9-20(19-14)13-6-5-8-17-10-13/h7,9,12-13,15,17,21H,3-6,8,10-11H2,1-2H3,(H,18,22). The van der Waals surface area contributed by atoms with E-state index in [0.29, 0.717) is 11.7 Å². The van der Waals surface area contributed by atoms with Gasteiger partial charge in [-0.3, -0.25) is 9.48 Å². The molecule has 0 aliphatic carbocycles. The second kappa shape index (κ2) is 8.29. The van der Waals surface area contributed by atoms with Gasteiger partial charge in [0.05, 0.1) is 12.1 Å². The Morgan fingerprint density at radius 2 is 2.32 bits per heavy atom. The van der Waals surface area contributed by atoms with Gasteiger partial charge < -0.3 is 15.7 Å². The summed E-state index contributed by atoms with van der Waals surface area (Å²) in [6, 6.07) is 2.07. The van der Waals surface area contributed by atoms with Gasteiger partial charge >= 0.3 is 0 Å². The first kappa shape index (κ1) is 17.0. The maximum Gasteiger partial charge on any atom is 0.271 e. The Morgan fingerprint density at radius 1 is 1.55 bits per heavy atom. The molecule has 6 nitrogen and oxygen atoms in total. The summed E-state index contributed by atoms with van der Waals surface area (Å²) >= 11 is 0. The molecule has 2 atom stereocenters. The van der Waals surface area contributed by atoms with E-state index in [9.17, 15) is 9.90 Å². The Hall–Kier alpha value is -1.40. The monoisotopic (exact) mass is 308 g/mol. The lowest BCUT2D eigenvalue weighted by Gasteiger charge is -2.23. The minimum absolute atomic E-state index is 0.215. The van der Waals surface area contributed by atoms with E-state index < -0.39 is 6.10 Å². The Morgan fingerprint density at radius 3 is 2.95 bits per heavy atom. The number of aromatic nitrogens is 2. The van der Waals surface area contributed by atoms with E-state index in [1.165, 1.54) is 0 Å². The molecule has 2 rings (SSSR count). The Balaban J connectivity index is 1.86. The molecule has 124 valence electrons. The van der Waals surface area contributed by atoms with Crippen LogP contribution in [0.15, 0.2) is 12.3 Å². The van der Waals surface area contributed by atoms with Gasteiger partial charge in [-0.15, -0.1) is 0 Å². The number of hydrogen-bond donors (Lipinski definition) is 3. The van der Waals surface area contributed by atoms with E-state index in [2.05, 4.69) is 29.6 Å². The van der Waals surface area contributed by atoms with Crippen LogP contribution >= 0.6 is 0 Å². The third-order valence-electron chi connectivity index (χ3n) is 4.55. The van der Waals surface area contributed by atoms with Crippen LogP contribution in [0, 0.1) is 5.92 Å². The Kier molecular flexibility index (Phi) is 6.39. The van der Waals surface area contributed by atoms with Crippen molar-refractivity contribution in [1.29, 1.82) is 0 Å². The molecule has 3 N–H and O–H groups in total. The molecule has 1 amide bonds. The van der Waals surface area contributed by atoms with Crippen LogP contribution in [-0.2, 0) is 0 Å². The van der Waals surface area contributed by atoms with E-state index in [1.807, 2.05) is 10.9 Å². The van der Waals surface area contributed by atoms with Crippen LogP contribution < -0.4 is 10.6 Å². The number of aliphatic hydroxyl groups is 1. The number of carbonyl (C=O) groups excluding carboxylic acids is 1. The minimum Gasteiger partial charge on any atom is -0.391 e. The number of rotatable bonds is 7. The molecule has 0 radical (unpaired) electrons. The van der Waals surface area contributed by atoms with Crippen molar-refractivity contribution in [3.05, 3.63) is 18.0 Å². The fraction of sp³-hybridized carbons (Fsp3) is 0.750. The lowest BCUT2D eigenvalue weighted by molar-refractivity contribution is 0.0812. The molecule has 1 saturated heterocycles. The fourth-order valence-corrected chi connectivity index (χ4v) is 3.01. The highest BCUT2D eigenvalue weighted by Gasteiger charge is 2.19. The van der Waals surface area contributed by atoms with Crippen LogP contribution in [0.1, 0.15) is 56.1 Å². The lowest BCUT2D eigenvalue weighted by atomic mass is 9.96. The fourth-order valence-electron chi connectivity index (χ4n) is 3.01. The van der Waals surface area contributed by atoms with Gasteiger partial charge in [-0.1, -0.05) is 26.7 Å². The quantitative estimate of drug-likeness (QED) is 0.710. The van der Waals surface area contributed by atoms with Gasteiger partial charge in [-0.25, -0.2) is 0 Å². The predicted molar refractivity (Wildman–Crippen MR) is 85.8 cm³/mol. The SMILES string of the molecule is CCC(CC)C(O)CNC(=O)c1ccn(C2CCCNC2)n1. The number of piperidine rings is 1. The van der Waals surface area contributed by atoms with Gasteiger partial charge in [0.15, 0.2) is 0 Å². The zero-order valence-electron chi connectivity index (χ0n) is 13.6. The maximum absolute atomic E-state index is 12.1. The number of carbonyl (C=O) groups is 1. The summed E-state index contributed by atoms with van der Waals surface area (Å²) in [5, 5.41) is 20.6. The van der Waals surface area contributed by atoms with Crippen molar-refractivity contribution < 1.29 is 9.90 Å². The molecule has 0 aromatic carbocycles. The highest BCUT2D eigenvalue weighted by Crippen LogP contribution is 2.16. The van der Waals surface area contributed by atoms with Gasteiger partial charge in [-0.2, -0.15) is 5.10 Å². The van der Waals surface area contributed by atoms with Crippen molar-refractivity contribution in [2.45, 2.75) is 51.7 Å². The molecular weight excluding hydrogens is 280 g/mol. The normalized spacial score (nSPS) is 20.1. The molecule has 1 aromatic heterocycles. The van der Waals surface area contributed by atoms with Gasteiger partial charge in [0, 0.05) is 19.3 Å². The molecule has 22 heavy (non-hydrogen) atoms. The van der Waals surface area contributed by atoms with Crippen molar-refractivity contribution in [1.82, 2.24) is 20.4 Å². The summed E-state index contributed by atoms with van der Waals surface area (Å²) in [7, 11) is 0. The smallest absolute Gasteiger partial charge is 0.271 e. The van der Waals surface area contributed by atoms with Gasteiger partial charge in [0.2, 0.25) is 0 Å². The summed E-state index contributed by atoms with van der Waals surface area (Å²) < 4.78 is 1.87. The van der Waals surface area contributed by atoms with Crippen molar-refractivity contribution in [2.24, 2.45) is 5.92 Å². The molecule has 0 saturated carbocycles. The summed E-state index contributed by atoms with van der Waals surface area (Å²) in [5.41, 5.74) is 0.419. The molecule has 1 aliphatic heterocycles. The van der Waals surface area contributed by atoms with Crippen molar-refractivity contribution in [3.8, 4) is 0 Å². The highest BCUT2D eigenvalue weighted by molar-refractivity contribution is 5.92. The van der Waals surface area contributed by atoms with E-state index in [4.69, 9.17) is 0 Å². The van der Waals surface area contributed by atoms with E-state index in [0.717, 1.165) is 38.8 Å². The molecule has 6 heteroatoms. The summed E-state index contributed by atoms with van der Waals surface area (Å²) in [6.07, 6.45) is 5.41. The Bertz CT molecular complexity index is 464. The van der Waals surface area contributed by atoms with Crippen LogP contribution in [0.4, 0.5) is 0 Å². The molecule has 1 aliphatic rings. The molecule has 1 fully saturated rings. The largest absolute Gasteiger partial charge is 0.391 e. The molecule has 1 aromatic rings. The zero-order chi connectivity index (χ0) is 15.9. The van der Waals surface area contributed by atoms with Crippen LogP contribution in [0.25, 0.3) is 0 Å². The third-order valence-corrected chi connectivity index (χ3v) is 4.55. The van der Waals surface area contributed by atoms with Crippen molar-refractivity contribution in [3.63, 3.8) is 0 Å². The van der Waals surface area contributed by atoms with Crippen molar-refractivity contribution >= 4 is 5.91 Å². The first-order valence-corrected chi connectivity index (χ1v) is 8.37. The first-order chi connectivity index (χ1) is 10.7. The average Bonchev–Trinajstić information content (AvgIpc) is 3.04. The van der Waals surface area contributed by atoms with Gasteiger partial charge in [0.1, 0.15) is 5.69 Å².